The minimum Gasteiger partial charge on any atom is -0.485 e. The molecule has 0 atom stereocenters. The standard InChI is InChI=1S/C22H20N4O3S/c1-13-4-9-18(14(2)10-13)19-12-30-22(24-19)25-21(27)16-5-7-17(8-6-16)28-11-20-23-15(3)29-26-20/h4-10,12H,11H2,1-3H3,(H,24,25,27). The quantitative estimate of drug-likeness (QED) is 0.475. The molecule has 1 amide bonds. The van der Waals surface area contributed by atoms with E-state index in [1.807, 2.05) is 5.38 Å². The van der Waals surface area contributed by atoms with E-state index in [0.717, 1.165) is 16.8 Å². The summed E-state index contributed by atoms with van der Waals surface area (Å²) >= 11 is 1.40. The number of nitrogens with zero attached hydrogens (tertiary/aromatic N) is 3. The summed E-state index contributed by atoms with van der Waals surface area (Å²) in [6.45, 7) is 6.04. The topological polar surface area (TPSA) is 90.1 Å². The smallest absolute Gasteiger partial charge is 0.257 e. The van der Waals surface area contributed by atoms with Gasteiger partial charge in [-0.2, -0.15) is 4.98 Å². The zero-order valence-electron chi connectivity index (χ0n) is 16.8. The number of anilines is 1. The summed E-state index contributed by atoms with van der Waals surface area (Å²) in [7, 11) is 0. The number of rotatable bonds is 6. The van der Waals surface area contributed by atoms with Gasteiger partial charge in [0.25, 0.3) is 5.91 Å². The third-order valence-corrected chi connectivity index (χ3v) is 5.19. The van der Waals surface area contributed by atoms with Crippen LogP contribution in [0, 0.1) is 20.8 Å². The van der Waals surface area contributed by atoms with Crippen molar-refractivity contribution in [2.75, 3.05) is 5.32 Å². The number of nitrogens with one attached hydrogen (secondary N) is 1. The number of benzene rings is 2. The molecule has 0 bridgehead atoms. The molecule has 0 spiro atoms. The Kier molecular flexibility index (Phi) is 5.58. The number of hydrogen-bond acceptors (Lipinski definition) is 7. The van der Waals surface area contributed by atoms with Gasteiger partial charge in [-0.05, 0) is 43.7 Å². The van der Waals surface area contributed by atoms with Crippen molar-refractivity contribution >= 4 is 22.4 Å². The summed E-state index contributed by atoms with van der Waals surface area (Å²) in [5.74, 6) is 1.35. The Morgan fingerprint density at radius 1 is 1.10 bits per heavy atom. The molecule has 0 aliphatic heterocycles. The van der Waals surface area contributed by atoms with Crippen molar-refractivity contribution in [2.24, 2.45) is 0 Å². The number of ether oxygens (including phenoxy) is 1. The molecule has 7 nitrogen and oxygen atoms in total. The van der Waals surface area contributed by atoms with Crippen molar-refractivity contribution in [2.45, 2.75) is 27.4 Å². The Balaban J connectivity index is 1.38. The molecule has 0 aliphatic rings. The van der Waals surface area contributed by atoms with E-state index in [0.29, 0.717) is 28.2 Å². The van der Waals surface area contributed by atoms with Gasteiger partial charge in [0.1, 0.15) is 5.75 Å². The molecular weight excluding hydrogens is 400 g/mol. The van der Waals surface area contributed by atoms with Gasteiger partial charge >= 0.3 is 0 Å². The fourth-order valence-corrected chi connectivity index (χ4v) is 3.68. The van der Waals surface area contributed by atoms with Gasteiger partial charge in [-0.25, -0.2) is 4.98 Å². The van der Waals surface area contributed by atoms with Gasteiger partial charge in [0, 0.05) is 23.4 Å². The third kappa shape index (κ3) is 4.55. The van der Waals surface area contributed by atoms with Gasteiger partial charge in [-0.15, -0.1) is 11.3 Å². The SMILES string of the molecule is Cc1ccc(-c2csc(NC(=O)c3ccc(OCc4noc(C)n4)cc3)n2)c(C)c1. The maximum atomic E-state index is 12.5. The predicted molar refractivity (Wildman–Crippen MR) is 115 cm³/mol. The van der Waals surface area contributed by atoms with Crippen molar-refractivity contribution in [1.29, 1.82) is 0 Å². The Morgan fingerprint density at radius 2 is 1.90 bits per heavy atom. The first-order valence-electron chi connectivity index (χ1n) is 9.34. The molecule has 1 N–H and O–H groups in total. The Labute approximate surface area is 177 Å². The van der Waals surface area contributed by atoms with E-state index in [9.17, 15) is 4.79 Å². The van der Waals surface area contributed by atoms with Gasteiger partial charge in [-0.3, -0.25) is 10.1 Å². The Bertz CT molecular complexity index is 1180. The zero-order chi connectivity index (χ0) is 21.1. The number of hydrogen-bond donors (Lipinski definition) is 1. The molecule has 0 saturated heterocycles. The van der Waals surface area contributed by atoms with Gasteiger partial charge in [0.2, 0.25) is 11.7 Å². The van der Waals surface area contributed by atoms with E-state index < -0.39 is 0 Å². The fraction of sp³-hybridized carbons (Fsp3) is 0.182. The maximum Gasteiger partial charge on any atom is 0.257 e. The van der Waals surface area contributed by atoms with Gasteiger partial charge in [0.15, 0.2) is 11.7 Å². The van der Waals surface area contributed by atoms with E-state index in [1.54, 1.807) is 31.2 Å². The van der Waals surface area contributed by atoms with E-state index in [-0.39, 0.29) is 12.5 Å². The number of carbonyl (C=O) groups excluding carboxylic acids is 1. The van der Waals surface area contributed by atoms with Crippen LogP contribution in [0.15, 0.2) is 52.4 Å². The lowest BCUT2D eigenvalue weighted by molar-refractivity contribution is 0.102. The fourth-order valence-electron chi connectivity index (χ4n) is 2.98. The third-order valence-electron chi connectivity index (χ3n) is 4.44. The minimum absolute atomic E-state index is 0.198. The summed E-state index contributed by atoms with van der Waals surface area (Å²) in [6.07, 6.45) is 0. The summed E-state index contributed by atoms with van der Waals surface area (Å²) in [4.78, 5) is 21.2. The second-order valence-corrected chi connectivity index (χ2v) is 7.71. The number of carbonyl (C=O) groups is 1. The van der Waals surface area contributed by atoms with Crippen molar-refractivity contribution in [3.8, 4) is 17.0 Å². The van der Waals surface area contributed by atoms with Crippen LogP contribution >= 0.6 is 11.3 Å². The van der Waals surface area contributed by atoms with E-state index in [4.69, 9.17) is 9.26 Å². The van der Waals surface area contributed by atoms with Crippen LogP contribution in [-0.4, -0.2) is 21.0 Å². The molecule has 0 fully saturated rings. The Hall–Kier alpha value is -3.52. The monoisotopic (exact) mass is 420 g/mol. The number of aryl methyl sites for hydroxylation is 3. The molecule has 2 heterocycles. The van der Waals surface area contributed by atoms with E-state index >= 15 is 0 Å². The van der Waals surface area contributed by atoms with Crippen LogP contribution in [0.1, 0.15) is 33.2 Å². The summed E-state index contributed by atoms with van der Waals surface area (Å²) in [6, 6.07) is 13.1. The molecule has 0 radical (unpaired) electrons. The van der Waals surface area contributed by atoms with Crippen LogP contribution in [0.5, 0.6) is 5.75 Å². The number of thiazole rings is 1. The second-order valence-electron chi connectivity index (χ2n) is 6.85. The summed E-state index contributed by atoms with van der Waals surface area (Å²) < 4.78 is 10.5. The Morgan fingerprint density at radius 3 is 2.60 bits per heavy atom. The highest BCUT2D eigenvalue weighted by atomic mass is 32.1. The van der Waals surface area contributed by atoms with Crippen molar-refractivity contribution in [3.05, 3.63) is 76.3 Å². The normalized spacial score (nSPS) is 10.8. The van der Waals surface area contributed by atoms with Crippen molar-refractivity contribution in [3.63, 3.8) is 0 Å². The number of aromatic nitrogens is 3. The highest BCUT2D eigenvalue weighted by Crippen LogP contribution is 2.28. The molecule has 0 saturated carbocycles. The second kappa shape index (κ2) is 8.46. The van der Waals surface area contributed by atoms with Gasteiger partial charge in [0.05, 0.1) is 5.69 Å². The lowest BCUT2D eigenvalue weighted by Crippen LogP contribution is -2.11. The maximum absolute atomic E-state index is 12.5. The molecular formula is C22H20N4O3S. The molecule has 4 rings (SSSR count). The van der Waals surface area contributed by atoms with Crippen LogP contribution < -0.4 is 10.1 Å². The molecule has 0 aliphatic carbocycles. The lowest BCUT2D eigenvalue weighted by atomic mass is 10.0. The first-order valence-corrected chi connectivity index (χ1v) is 10.2. The molecule has 4 aromatic rings. The van der Waals surface area contributed by atoms with Crippen molar-refractivity contribution < 1.29 is 14.1 Å². The summed E-state index contributed by atoms with van der Waals surface area (Å²) in [5, 5.41) is 9.14. The molecule has 8 heteroatoms. The number of amides is 1. The average molecular weight is 420 g/mol. The largest absolute Gasteiger partial charge is 0.485 e. The van der Waals surface area contributed by atoms with Crippen molar-refractivity contribution in [1.82, 2.24) is 15.1 Å². The van der Waals surface area contributed by atoms with Gasteiger partial charge in [-0.1, -0.05) is 28.9 Å². The molecule has 2 aromatic heterocycles. The molecule has 30 heavy (non-hydrogen) atoms. The van der Waals surface area contributed by atoms with Crippen LogP contribution in [0.2, 0.25) is 0 Å². The highest BCUT2D eigenvalue weighted by molar-refractivity contribution is 7.14. The van der Waals surface area contributed by atoms with Gasteiger partial charge < -0.3 is 9.26 Å². The predicted octanol–water partition coefficient (Wildman–Crippen LogP) is 4.95. The van der Waals surface area contributed by atoms with Crippen LogP contribution in [0.25, 0.3) is 11.3 Å². The molecule has 2 aromatic carbocycles. The van der Waals surface area contributed by atoms with E-state index in [1.165, 1.54) is 16.9 Å². The minimum atomic E-state index is -0.225. The van der Waals surface area contributed by atoms with E-state index in [2.05, 4.69) is 52.5 Å². The lowest BCUT2D eigenvalue weighted by Gasteiger charge is -2.06. The van der Waals surface area contributed by atoms with Crippen LogP contribution in [0.4, 0.5) is 5.13 Å². The summed E-state index contributed by atoms with van der Waals surface area (Å²) in [5.41, 5.74) is 4.80. The first-order chi connectivity index (χ1) is 14.5. The first kappa shape index (κ1) is 19.8. The van der Waals surface area contributed by atoms with Crippen LogP contribution in [0.3, 0.4) is 0 Å². The zero-order valence-corrected chi connectivity index (χ0v) is 17.6. The molecule has 0 unspecified atom stereocenters. The molecule has 152 valence electrons. The highest BCUT2D eigenvalue weighted by Gasteiger charge is 2.12. The van der Waals surface area contributed by atoms with Crippen LogP contribution in [-0.2, 0) is 6.61 Å². The average Bonchev–Trinajstić information content (AvgIpc) is 3.35.